The first-order chi connectivity index (χ1) is 15.3. The van der Waals surface area contributed by atoms with E-state index < -0.39 is 18.5 Å². The second-order valence-electron chi connectivity index (χ2n) is 6.62. The maximum absolute atomic E-state index is 14.6. The Balaban J connectivity index is 1.70. The van der Waals surface area contributed by atoms with E-state index in [1.807, 2.05) is 0 Å². The molecule has 0 radical (unpaired) electrons. The molecule has 0 aliphatic rings. The summed E-state index contributed by atoms with van der Waals surface area (Å²) in [5, 5.41) is 11.2. The number of rotatable bonds is 7. The Bertz CT molecular complexity index is 1320. The molecular weight excluding hydrogens is 449 g/mol. The summed E-state index contributed by atoms with van der Waals surface area (Å²) in [6.45, 7) is -1.14. The number of fused-ring (bicyclic) bond motifs is 2. The van der Waals surface area contributed by atoms with Gasteiger partial charge in [-0.1, -0.05) is 0 Å². The number of alkyl halides is 2. The molecule has 0 aliphatic carbocycles. The molecule has 2 heterocycles. The Labute approximate surface area is 182 Å². The monoisotopic (exact) mass is 464 g/mol. The van der Waals surface area contributed by atoms with Crippen molar-refractivity contribution in [3.63, 3.8) is 0 Å². The van der Waals surface area contributed by atoms with Crippen molar-refractivity contribution in [2.24, 2.45) is 0 Å². The number of ether oxygens (including phenoxy) is 2. The van der Waals surface area contributed by atoms with Crippen LogP contribution in [-0.4, -0.2) is 45.9 Å². The molecule has 0 atom stereocenters. The van der Waals surface area contributed by atoms with Crippen molar-refractivity contribution in [2.75, 3.05) is 13.2 Å². The number of aryl methyl sites for hydroxylation is 1. The Morgan fingerprint density at radius 3 is 2.78 bits per heavy atom. The molecule has 0 bridgehead atoms. The lowest BCUT2D eigenvalue weighted by Gasteiger charge is -2.07. The van der Waals surface area contributed by atoms with Crippen LogP contribution in [0.2, 0.25) is 0 Å². The van der Waals surface area contributed by atoms with Crippen molar-refractivity contribution in [1.29, 1.82) is 0 Å². The number of nitrogens with zero attached hydrogens (tertiary/aromatic N) is 3. The summed E-state index contributed by atoms with van der Waals surface area (Å²) in [6, 6.07) is 6.26. The zero-order chi connectivity index (χ0) is 22.8. The van der Waals surface area contributed by atoms with Crippen molar-refractivity contribution in [1.82, 2.24) is 20.3 Å². The number of halogens is 3. The van der Waals surface area contributed by atoms with Crippen LogP contribution in [0.5, 0.6) is 11.6 Å². The van der Waals surface area contributed by atoms with E-state index >= 15 is 0 Å². The van der Waals surface area contributed by atoms with Gasteiger partial charge in [-0.05, 0) is 30.7 Å². The van der Waals surface area contributed by atoms with Crippen LogP contribution in [0, 0.1) is 12.7 Å². The van der Waals surface area contributed by atoms with Crippen LogP contribution in [0.4, 0.5) is 18.0 Å². The Morgan fingerprint density at radius 2 is 2.03 bits per heavy atom. The van der Waals surface area contributed by atoms with Gasteiger partial charge in [-0.15, -0.1) is 11.3 Å². The molecule has 2 aromatic carbocycles. The summed E-state index contributed by atoms with van der Waals surface area (Å²) >= 11 is 1.20. The second kappa shape index (κ2) is 8.83. The summed E-state index contributed by atoms with van der Waals surface area (Å²) in [5.41, 5.74) is 2.25. The first-order valence-electron chi connectivity index (χ1n) is 9.22. The predicted molar refractivity (Wildman–Crippen MR) is 111 cm³/mol. The van der Waals surface area contributed by atoms with E-state index in [0.29, 0.717) is 26.3 Å². The van der Waals surface area contributed by atoms with Crippen molar-refractivity contribution in [2.45, 2.75) is 13.5 Å². The Hall–Kier alpha value is -3.67. The predicted octanol–water partition coefficient (Wildman–Crippen LogP) is 4.60. The minimum absolute atomic E-state index is 0.0318. The molecule has 0 spiro atoms. The van der Waals surface area contributed by atoms with Crippen LogP contribution in [0.3, 0.4) is 0 Å². The van der Waals surface area contributed by atoms with E-state index in [1.165, 1.54) is 17.4 Å². The van der Waals surface area contributed by atoms with Crippen LogP contribution in [0.15, 0.2) is 30.5 Å². The molecule has 0 fully saturated rings. The number of benzene rings is 2. The Kier molecular flexibility index (Phi) is 5.95. The third-order valence-electron chi connectivity index (χ3n) is 4.28. The fraction of sp³-hybridized carbons (Fsp3) is 0.200. The highest BCUT2D eigenvalue weighted by Crippen LogP contribution is 2.37. The van der Waals surface area contributed by atoms with Gasteiger partial charge in [-0.2, -0.15) is 8.78 Å². The highest BCUT2D eigenvalue weighted by molar-refractivity contribution is 7.21. The van der Waals surface area contributed by atoms with Gasteiger partial charge in [-0.25, -0.2) is 24.1 Å². The number of amides is 1. The minimum Gasteiger partial charge on any atom is -0.492 e. The van der Waals surface area contributed by atoms with Crippen molar-refractivity contribution < 1.29 is 32.5 Å². The number of hydrogen-bond donors (Lipinski definition) is 2. The SMILES string of the molecule is Cc1cc(-c2nc3c(F)cc(OCCNC(=O)O)cc3s2)c2ncc(OC(F)F)nc2c1. The van der Waals surface area contributed by atoms with E-state index in [4.69, 9.17) is 9.84 Å². The number of thiazole rings is 1. The highest BCUT2D eigenvalue weighted by Gasteiger charge is 2.17. The molecule has 8 nitrogen and oxygen atoms in total. The maximum atomic E-state index is 14.6. The van der Waals surface area contributed by atoms with Crippen LogP contribution < -0.4 is 14.8 Å². The molecule has 0 saturated carbocycles. The molecule has 0 aliphatic heterocycles. The van der Waals surface area contributed by atoms with Gasteiger partial charge in [0.2, 0.25) is 5.88 Å². The zero-order valence-corrected chi connectivity index (χ0v) is 17.3. The van der Waals surface area contributed by atoms with Crippen LogP contribution in [0.25, 0.3) is 31.8 Å². The first-order valence-corrected chi connectivity index (χ1v) is 10.0. The normalized spacial score (nSPS) is 11.3. The van der Waals surface area contributed by atoms with Gasteiger partial charge in [0.05, 0.1) is 28.5 Å². The molecule has 32 heavy (non-hydrogen) atoms. The second-order valence-corrected chi connectivity index (χ2v) is 7.65. The van der Waals surface area contributed by atoms with E-state index in [1.54, 1.807) is 25.1 Å². The molecule has 0 unspecified atom stereocenters. The minimum atomic E-state index is -3.02. The number of nitrogens with one attached hydrogen (secondary N) is 1. The molecule has 12 heteroatoms. The lowest BCUT2D eigenvalue weighted by Crippen LogP contribution is -2.26. The molecule has 0 saturated heterocycles. The first kappa shape index (κ1) is 21.6. The molecule has 1 amide bonds. The average Bonchev–Trinajstić information content (AvgIpc) is 3.14. The van der Waals surface area contributed by atoms with E-state index in [2.05, 4.69) is 25.0 Å². The van der Waals surface area contributed by atoms with E-state index in [9.17, 15) is 18.0 Å². The molecule has 4 aromatic rings. The number of aromatic nitrogens is 3. The summed E-state index contributed by atoms with van der Waals surface area (Å²) in [5.74, 6) is -0.666. The van der Waals surface area contributed by atoms with Crippen LogP contribution >= 0.6 is 11.3 Å². The smallest absolute Gasteiger partial charge is 0.404 e. The number of hydrogen-bond acceptors (Lipinski definition) is 7. The maximum Gasteiger partial charge on any atom is 0.404 e. The van der Waals surface area contributed by atoms with Gasteiger partial charge in [0.25, 0.3) is 0 Å². The topological polar surface area (TPSA) is 106 Å². The molecular formula is C20H15F3N4O4S. The summed E-state index contributed by atoms with van der Waals surface area (Å²) in [6.07, 6.45) is -0.0816. The number of carbonyl (C=O) groups is 1. The van der Waals surface area contributed by atoms with Crippen molar-refractivity contribution in [3.8, 4) is 22.2 Å². The van der Waals surface area contributed by atoms with Crippen molar-refractivity contribution in [3.05, 3.63) is 41.8 Å². The quantitative estimate of drug-likeness (QED) is 0.385. The van der Waals surface area contributed by atoms with Crippen LogP contribution in [-0.2, 0) is 0 Å². The van der Waals surface area contributed by atoms with Gasteiger partial charge >= 0.3 is 12.7 Å². The van der Waals surface area contributed by atoms with Gasteiger partial charge in [-0.3, -0.25) is 0 Å². The Morgan fingerprint density at radius 1 is 1.22 bits per heavy atom. The van der Waals surface area contributed by atoms with Gasteiger partial charge in [0.1, 0.15) is 22.9 Å². The lowest BCUT2D eigenvalue weighted by molar-refractivity contribution is -0.0528. The van der Waals surface area contributed by atoms with Gasteiger partial charge in [0, 0.05) is 11.6 Å². The fourth-order valence-corrected chi connectivity index (χ4v) is 4.08. The summed E-state index contributed by atoms with van der Waals surface area (Å²) in [4.78, 5) is 23.1. The zero-order valence-electron chi connectivity index (χ0n) is 16.4. The average molecular weight is 464 g/mol. The molecule has 2 N–H and O–H groups in total. The summed E-state index contributed by atoms with van der Waals surface area (Å²) in [7, 11) is 0. The largest absolute Gasteiger partial charge is 0.492 e. The van der Waals surface area contributed by atoms with Gasteiger partial charge < -0.3 is 19.9 Å². The molecule has 2 aromatic heterocycles. The van der Waals surface area contributed by atoms with E-state index in [0.717, 1.165) is 11.8 Å². The standard InChI is InChI=1S/C20H15F3N4O4S/c1-9-4-11(16-13(5-9)26-15(8-25-16)31-19(22)23)18-27-17-12(21)6-10(7-14(17)32-18)30-3-2-24-20(28)29/h4-8,19,24H,2-3H2,1H3,(H,28,29). The van der Waals surface area contributed by atoms with E-state index in [-0.39, 0.29) is 30.3 Å². The third kappa shape index (κ3) is 4.64. The third-order valence-corrected chi connectivity index (χ3v) is 5.31. The summed E-state index contributed by atoms with van der Waals surface area (Å²) < 4.78 is 49.8. The number of carboxylic acid groups (broad SMARTS) is 1. The molecule has 4 rings (SSSR count). The lowest BCUT2D eigenvalue weighted by atomic mass is 10.1. The van der Waals surface area contributed by atoms with Gasteiger partial charge in [0.15, 0.2) is 5.82 Å². The fourth-order valence-electron chi connectivity index (χ4n) is 3.05. The molecule has 166 valence electrons. The van der Waals surface area contributed by atoms with Crippen molar-refractivity contribution >= 4 is 38.7 Å². The van der Waals surface area contributed by atoms with Crippen LogP contribution in [0.1, 0.15) is 5.56 Å². The highest BCUT2D eigenvalue weighted by atomic mass is 32.1.